The number of hydrogen-bond acceptors (Lipinski definition) is 4. The summed E-state index contributed by atoms with van der Waals surface area (Å²) < 4.78 is 0. The first-order valence-electron chi connectivity index (χ1n) is 8.59. The Bertz CT molecular complexity index is 651. The summed E-state index contributed by atoms with van der Waals surface area (Å²) in [6.45, 7) is 0.659. The molecule has 2 aromatic heterocycles. The minimum absolute atomic E-state index is 0.0449. The van der Waals surface area contributed by atoms with Crippen molar-refractivity contribution in [2.75, 3.05) is 18.9 Å². The van der Waals surface area contributed by atoms with E-state index >= 15 is 0 Å². The lowest BCUT2D eigenvalue weighted by molar-refractivity contribution is 0.0791. The number of nitrogens with one attached hydrogen (secondary N) is 1. The molecule has 1 N–H and O–H groups in total. The first-order valence-corrected chi connectivity index (χ1v) is 8.59. The van der Waals surface area contributed by atoms with E-state index in [9.17, 15) is 4.79 Å². The zero-order chi connectivity index (χ0) is 16.8. The standard InChI is InChI=1S/C19H24N4O/c1-23(13-10-15-8-11-20-12-9-15)19(24)18-7-6-17(14-21-18)22-16-4-2-3-5-16/h6-9,11-12,14,16,22H,2-5,10,13H2,1H3. The predicted molar refractivity (Wildman–Crippen MR) is 95.0 cm³/mol. The maximum Gasteiger partial charge on any atom is 0.272 e. The highest BCUT2D eigenvalue weighted by molar-refractivity contribution is 5.92. The highest BCUT2D eigenvalue weighted by Crippen LogP contribution is 2.22. The molecule has 0 radical (unpaired) electrons. The summed E-state index contributed by atoms with van der Waals surface area (Å²) in [7, 11) is 1.82. The number of likely N-dealkylation sites (N-methyl/N-ethyl adjacent to an activating group) is 1. The Labute approximate surface area is 143 Å². The Morgan fingerprint density at radius 1 is 1.21 bits per heavy atom. The maximum atomic E-state index is 12.5. The highest BCUT2D eigenvalue weighted by atomic mass is 16.2. The normalized spacial score (nSPS) is 14.5. The van der Waals surface area contributed by atoms with Gasteiger partial charge in [-0.1, -0.05) is 12.8 Å². The third-order valence-electron chi connectivity index (χ3n) is 4.54. The number of aromatic nitrogens is 2. The second-order valence-corrected chi connectivity index (χ2v) is 6.39. The molecule has 2 aromatic rings. The van der Waals surface area contributed by atoms with Crippen molar-refractivity contribution in [1.82, 2.24) is 14.9 Å². The van der Waals surface area contributed by atoms with Crippen molar-refractivity contribution < 1.29 is 4.79 Å². The number of carbonyl (C=O) groups excluding carboxylic acids is 1. The summed E-state index contributed by atoms with van der Waals surface area (Å²) in [5.41, 5.74) is 2.66. The van der Waals surface area contributed by atoms with Gasteiger partial charge >= 0.3 is 0 Å². The van der Waals surface area contributed by atoms with Crippen LogP contribution in [-0.2, 0) is 6.42 Å². The summed E-state index contributed by atoms with van der Waals surface area (Å²) in [5, 5.41) is 3.49. The van der Waals surface area contributed by atoms with E-state index in [1.807, 2.05) is 31.3 Å². The lowest BCUT2D eigenvalue weighted by atomic mass is 10.2. The molecule has 5 heteroatoms. The van der Waals surface area contributed by atoms with E-state index in [1.165, 1.54) is 31.2 Å². The van der Waals surface area contributed by atoms with E-state index in [0.29, 0.717) is 18.3 Å². The fourth-order valence-electron chi connectivity index (χ4n) is 3.05. The Kier molecular flexibility index (Phi) is 5.41. The molecule has 5 nitrogen and oxygen atoms in total. The minimum Gasteiger partial charge on any atom is -0.381 e. The zero-order valence-electron chi connectivity index (χ0n) is 14.1. The van der Waals surface area contributed by atoms with Gasteiger partial charge in [0.2, 0.25) is 0 Å². The molecular weight excluding hydrogens is 300 g/mol. The topological polar surface area (TPSA) is 58.1 Å². The van der Waals surface area contributed by atoms with Crippen molar-refractivity contribution in [3.63, 3.8) is 0 Å². The van der Waals surface area contributed by atoms with E-state index in [2.05, 4.69) is 15.3 Å². The van der Waals surface area contributed by atoms with E-state index in [-0.39, 0.29) is 5.91 Å². The number of hydrogen-bond donors (Lipinski definition) is 1. The molecule has 0 aliphatic heterocycles. The first kappa shape index (κ1) is 16.4. The lowest BCUT2D eigenvalue weighted by Crippen LogP contribution is -2.29. The van der Waals surface area contributed by atoms with Gasteiger partial charge in [-0.15, -0.1) is 0 Å². The van der Waals surface area contributed by atoms with E-state index < -0.39 is 0 Å². The number of anilines is 1. The van der Waals surface area contributed by atoms with Gasteiger partial charge in [0, 0.05) is 32.0 Å². The van der Waals surface area contributed by atoms with Crippen molar-refractivity contribution in [3.05, 3.63) is 54.1 Å². The zero-order valence-corrected chi connectivity index (χ0v) is 14.1. The van der Waals surface area contributed by atoms with Gasteiger partial charge in [0.15, 0.2) is 0 Å². The third-order valence-corrected chi connectivity index (χ3v) is 4.54. The Hall–Kier alpha value is -2.43. The van der Waals surface area contributed by atoms with Gasteiger partial charge in [0.1, 0.15) is 5.69 Å². The molecule has 1 aliphatic rings. The molecule has 0 spiro atoms. The van der Waals surface area contributed by atoms with E-state index in [0.717, 1.165) is 12.1 Å². The summed E-state index contributed by atoms with van der Waals surface area (Å²) in [4.78, 5) is 22.5. The summed E-state index contributed by atoms with van der Waals surface area (Å²) in [6, 6.07) is 8.26. The Balaban J connectivity index is 1.53. The van der Waals surface area contributed by atoms with Gasteiger partial charge < -0.3 is 10.2 Å². The molecule has 0 atom stereocenters. The first-order chi connectivity index (χ1) is 11.7. The molecule has 126 valence electrons. The van der Waals surface area contributed by atoms with Crippen molar-refractivity contribution in [3.8, 4) is 0 Å². The second-order valence-electron chi connectivity index (χ2n) is 6.39. The average molecular weight is 324 g/mol. The van der Waals surface area contributed by atoms with Crippen LogP contribution < -0.4 is 5.32 Å². The largest absolute Gasteiger partial charge is 0.381 e. The van der Waals surface area contributed by atoms with Crippen LogP contribution in [0.2, 0.25) is 0 Å². The van der Waals surface area contributed by atoms with Gasteiger partial charge in [0.25, 0.3) is 5.91 Å². The minimum atomic E-state index is -0.0449. The van der Waals surface area contributed by atoms with Crippen LogP contribution in [0.3, 0.4) is 0 Å². The van der Waals surface area contributed by atoms with Gasteiger partial charge in [0.05, 0.1) is 11.9 Å². The molecule has 1 saturated carbocycles. The second kappa shape index (κ2) is 7.90. The number of nitrogens with zero attached hydrogens (tertiary/aromatic N) is 3. The van der Waals surface area contributed by atoms with Gasteiger partial charge in [-0.3, -0.25) is 9.78 Å². The van der Waals surface area contributed by atoms with Crippen LogP contribution in [0, 0.1) is 0 Å². The Morgan fingerprint density at radius 2 is 1.96 bits per heavy atom. The van der Waals surface area contributed by atoms with Crippen LogP contribution in [-0.4, -0.2) is 40.4 Å². The fraction of sp³-hybridized carbons (Fsp3) is 0.421. The quantitative estimate of drug-likeness (QED) is 0.887. The third kappa shape index (κ3) is 4.31. The van der Waals surface area contributed by atoms with Crippen molar-refractivity contribution in [1.29, 1.82) is 0 Å². The molecule has 0 unspecified atom stereocenters. The SMILES string of the molecule is CN(CCc1ccncc1)C(=O)c1ccc(NC2CCCC2)cn1. The molecule has 2 heterocycles. The van der Waals surface area contributed by atoms with Gasteiger partial charge in [-0.2, -0.15) is 0 Å². The van der Waals surface area contributed by atoms with Gasteiger partial charge in [-0.25, -0.2) is 4.98 Å². The van der Waals surface area contributed by atoms with Crippen LogP contribution in [0.1, 0.15) is 41.7 Å². The predicted octanol–water partition coefficient (Wildman–Crippen LogP) is 3.15. The van der Waals surface area contributed by atoms with Crippen molar-refractivity contribution >= 4 is 11.6 Å². The molecule has 3 rings (SSSR count). The van der Waals surface area contributed by atoms with Crippen LogP contribution >= 0.6 is 0 Å². The average Bonchev–Trinajstić information content (AvgIpc) is 3.13. The maximum absolute atomic E-state index is 12.5. The van der Waals surface area contributed by atoms with Crippen molar-refractivity contribution in [2.24, 2.45) is 0 Å². The van der Waals surface area contributed by atoms with Crippen molar-refractivity contribution in [2.45, 2.75) is 38.1 Å². The van der Waals surface area contributed by atoms with Crippen LogP contribution in [0.15, 0.2) is 42.9 Å². The lowest BCUT2D eigenvalue weighted by Gasteiger charge is -2.17. The molecule has 24 heavy (non-hydrogen) atoms. The number of pyridine rings is 2. The Morgan fingerprint density at radius 3 is 2.62 bits per heavy atom. The molecule has 0 bridgehead atoms. The highest BCUT2D eigenvalue weighted by Gasteiger charge is 2.16. The van der Waals surface area contributed by atoms with E-state index in [1.54, 1.807) is 23.5 Å². The number of carbonyl (C=O) groups is 1. The van der Waals surface area contributed by atoms with Crippen LogP contribution in [0.4, 0.5) is 5.69 Å². The van der Waals surface area contributed by atoms with Gasteiger partial charge in [-0.05, 0) is 49.1 Å². The van der Waals surface area contributed by atoms with Crippen LogP contribution in [0.25, 0.3) is 0 Å². The number of amides is 1. The molecule has 0 saturated heterocycles. The summed E-state index contributed by atoms with van der Waals surface area (Å²) >= 11 is 0. The van der Waals surface area contributed by atoms with E-state index in [4.69, 9.17) is 0 Å². The summed E-state index contributed by atoms with van der Waals surface area (Å²) in [5.74, 6) is -0.0449. The molecule has 1 aliphatic carbocycles. The molecule has 0 aromatic carbocycles. The smallest absolute Gasteiger partial charge is 0.272 e. The molecule has 1 amide bonds. The molecular formula is C19H24N4O. The monoisotopic (exact) mass is 324 g/mol. The fourth-order valence-corrected chi connectivity index (χ4v) is 3.05. The van der Waals surface area contributed by atoms with Crippen LogP contribution in [0.5, 0.6) is 0 Å². The molecule has 1 fully saturated rings. The number of rotatable bonds is 6. The summed E-state index contributed by atoms with van der Waals surface area (Å²) in [6.07, 6.45) is 11.2.